The Labute approximate surface area is 120 Å². The number of hydrogen-bond donors (Lipinski definition) is 2. The van der Waals surface area contributed by atoms with Gasteiger partial charge in [-0.3, -0.25) is 4.79 Å². The predicted molar refractivity (Wildman–Crippen MR) is 76.5 cm³/mol. The Balaban J connectivity index is 1.88. The molecular formula is C14H16N2O3S. The van der Waals surface area contributed by atoms with Crippen molar-refractivity contribution >= 4 is 22.3 Å². The lowest BCUT2D eigenvalue weighted by atomic mass is 9.84. The van der Waals surface area contributed by atoms with Crippen LogP contribution in [0.5, 0.6) is 0 Å². The highest BCUT2D eigenvalue weighted by Crippen LogP contribution is 2.35. The summed E-state index contributed by atoms with van der Waals surface area (Å²) in [6.07, 6.45) is 4.08. The SMILES string of the molecule is Nc1nc(-c2ccco2)c(C(=O)C2CCC(O)CC2)s1. The van der Waals surface area contributed by atoms with Crippen LogP contribution >= 0.6 is 11.3 Å². The van der Waals surface area contributed by atoms with E-state index in [2.05, 4.69) is 4.98 Å². The number of carbonyl (C=O) groups is 1. The number of nitrogen functional groups attached to an aromatic ring is 1. The van der Waals surface area contributed by atoms with Gasteiger partial charge in [-0.1, -0.05) is 11.3 Å². The number of thiazole rings is 1. The smallest absolute Gasteiger partial charge is 0.181 e. The second-order valence-corrected chi connectivity index (χ2v) is 6.11. The van der Waals surface area contributed by atoms with Gasteiger partial charge in [0.05, 0.1) is 12.4 Å². The van der Waals surface area contributed by atoms with E-state index in [4.69, 9.17) is 10.2 Å². The Morgan fingerprint density at radius 3 is 2.80 bits per heavy atom. The van der Waals surface area contributed by atoms with Crippen LogP contribution < -0.4 is 5.73 Å². The monoisotopic (exact) mass is 292 g/mol. The molecule has 2 aromatic heterocycles. The molecule has 1 aliphatic carbocycles. The number of hydrogen-bond acceptors (Lipinski definition) is 6. The summed E-state index contributed by atoms with van der Waals surface area (Å²) >= 11 is 1.21. The topological polar surface area (TPSA) is 89.4 Å². The highest BCUT2D eigenvalue weighted by Gasteiger charge is 2.30. The van der Waals surface area contributed by atoms with E-state index in [0.29, 0.717) is 34.3 Å². The van der Waals surface area contributed by atoms with Crippen molar-refractivity contribution in [2.45, 2.75) is 31.8 Å². The fourth-order valence-electron chi connectivity index (χ4n) is 2.61. The van der Waals surface area contributed by atoms with E-state index >= 15 is 0 Å². The number of carbonyl (C=O) groups excluding carboxylic acids is 1. The first-order chi connectivity index (χ1) is 9.65. The second kappa shape index (κ2) is 5.38. The quantitative estimate of drug-likeness (QED) is 0.849. The first kappa shape index (κ1) is 13.3. The fourth-order valence-corrected chi connectivity index (χ4v) is 3.46. The molecule has 6 heteroatoms. The van der Waals surface area contributed by atoms with Crippen molar-refractivity contribution < 1.29 is 14.3 Å². The minimum atomic E-state index is -0.268. The maximum atomic E-state index is 12.6. The van der Waals surface area contributed by atoms with Crippen LogP contribution in [0.2, 0.25) is 0 Å². The summed E-state index contributed by atoms with van der Waals surface area (Å²) in [5.74, 6) is 0.585. The molecule has 0 bridgehead atoms. The van der Waals surface area contributed by atoms with Crippen LogP contribution in [-0.2, 0) is 0 Å². The maximum Gasteiger partial charge on any atom is 0.181 e. The van der Waals surface area contributed by atoms with Gasteiger partial charge < -0.3 is 15.3 Å². The van der Waals surface area contributed by atoms with E-state index in [1.165, 1.54) is 11.3 Å². The molecule has 1 aliphatic rings. The third-order valence-electron chi connectivity index (χ3n) is 3.69. The number of furan rings is 1. The molecule has 0 unspecified atom stereocenters. The summed E-state index contributed by atoms with van der Waals surface area (Å²) < 4.78 is 5.32. The Morgan fingerprint density at radius 1 is 1.40 bits per heavy atom. The fraction of sp³-hybridized carbons (Fsp3) is 0.429. The van der Waals surface area contributed by atoms with Crippen molar-refractivity contribution in [2.24, 2.45) is 5.92 Å². The Hall–Kier alpha value is -1.66. The lowest BCUT2D eigenvalue weighted by Gasteiger charge is -2.23. The molecule has 2 heterocycles. The van der Waals surface area contributed by atoms with E-state index in [1.807, 2.05) is 0 Å². The van der Waals surface area contributed by atoms with Gasteiger partial charge in [-0.15, -0.1) is 0 Å². The van der Waals surface area contributed by atoms with Gasteiger partial charge in [0.15, 0.2) is 16.7 Å². The predicted octanol–water partition coefficient (Wildman–Crippen LogP) is 2.72. The zero-order valence-electron chi connectivity index (χ0n) is 10.9. The molecule has 0 spiro atoms. The highest BCUT2D eigenvalue weighted by molar-refractivity contribution is 7.17. The highest BCUT2D eigenvalue weighted by atomic mass is 32.1. The van der Waals surface area contributed by atoms with Crippen molar-refractivity contribution in [3.05, 3.63) is 23.3 Å². The van der Waals surface area contributed by atoms with Gasteiger partial charge in [0.1, 0.15) is 10.6 Å². The molecule has 1 fully saturated rings. The number of nitrogens with two attached hydrogens (primary N) is 1. The van der Waals surface area contributed by atoms with Gasteiger partial charge in [0.2, 0.25) is 0 Å². The lowest BCUT2D eigenvalue weighted by molar-refractivity contribution is 0.0768. The van der Waals surface area contributed by atoms with Crippen molar-refractivity contribution in [1.82, 2.24) is 4.98 Å². The van der Waals surface area contributed by atoms with Crippen LogP contribution in [0.3, 0.4) is 0 Å². The molecular weight excluding hydrogens is 276 g/mol. The number of nitrogens with zero attached hydrogens (tertiary/aromatic N) is 1. The van der Waals surface area contributed by atoms with Gasteiger partial charge in [-0.25, -0.2) is 4.98 Å². The third-order valence-corrected chi connectivity index (χ3v) is 4.59. The minimum absolute atomic E-state index is 0.0491. The van der Waals surface area contributed by atoms with Gasteiger partial charge in [0.25, 0.3) is 0 Å². The summed E-state index contributed by atoms with van der Waals surface area (Å²) in [6, 6.07) is 3.53. The maximum absolute atomic E-state index is 12.6. The Kier molecular flexibility index (Phi) is 3.58. The number of aromatic nitrogens is 1. The van der Waals surface area contributed by atoms with Gasteiger partial charge in [0, 0.05) is 5.92 Å². The van der Waals surface area contributed by atoms with Crippen LogP contribution in [0.4, 0.5) is 5.13 Å². The number of Topliss-reactive ketones (excluding diaryl/α,β-unsaturated/α-hetero) is 1. The minimum Gasteiger partial charge on any atom is -0.463 e. The largest absolute Gasteiger partial charge is 0.463 e. The molecule has 0 atom stereocenters. The molecule has 1 saturated carbocycles. The molecule has 3 rings (SSSR count). The number of anilines is 1. The van der Waals surface area contributed by atoms with Crippen molar-refractivity contribution in [3.63, 3.8) is 0 Å². The van der Waals surface area contributed by atoms with E-state index in [1.54, 1.807) is 18.4 Å². The molecule has 0 amide bonds. The molecule has 0 saturated heterocycles. The first-order valence-corrected chi connectivity index (χ1v) is 7.49. The van der Waals surface area contributed by atoms with Crippen LogP contribution in [-0.4, -0.2) is 22.0 Å². The molecule has 2 aromatic rings. The Bertz CT molecular complexity index is 598. The normalized spacial score (nSPS) is 22.9. The molecule has 0 radical (unpaired) electrons. The summed E-state index contributed by atoms with van der Waals surface area (Å²) in [7, 11) is 0. The van der Waals surface area contributed by atoms with Crippen LogP contribution in [0.25, 0.3) is 11.5 Å². The van der Waals surface area contributed by atoms with Crippen LogP contribution in [0.15, 0.2) is 22.8 Å². The molecule has 3 N–H and O–H groups in total. The van der Waals surface area contributed by atoms with Crippen LogP contribution in [0, 0.1) is 5.92 Å². The molecule has 0 aliphatic heterocycles. The zero-order valence-corrected chi connectivity index (χ0v) is 11.7. The van der Waals surface area contributed by atoms with Gasteiger partial charge in [-0.2, -0.15) is 0 Å². The number of aliphatic hydroxyl groups is 1. The third kappa shape index (κ3) is 2.48. The molecule has 20 heavy (non-hydrogen) atoms. The number of rotatable bonds is 3. The summed E-state index contributed by atoms with van der Waals surface area (Å²) in [4.78, 5) is 17.4. The van der Waals surface area contributed by atoms with Crippen molar-refractivity contribution in [1.29, 1.82) is 0 Å². The standard InChI is InChI=1S/C14H16N2O3S/c15-14-16-11(10-2-1-7-19-10)13(20-14)12(18)8-3-5-9(17)6-4-8/h1-2,7-9,17H,3-6H2,(H2,15,16). The average Bonchev–Trinajstić information content (AvgIpc) is 3.07. The average molecular weight is 292 g/mol. The Morgan fingerprint density at radius 2 is 2.15 bits per heavy atom. The number of ketones is 1. The van der Waals surface area contributed by atoms with E-state index < -0.39 is 0 Å². The van der Waals surface area contributed by atoms with Crippen molar-refractivity contribution in [3.8, 4) is 11.5 Å². The summed E-state index contributed by atoms with van der Waals surface area (Å²) in [5.41, 5.74) is 6.28. The lowest BCUT2D eigenvalue weighted by Crippen LogP contribution is -2.24. The van der Waals surface area contributed by atoms with E-state index in [9.17, 15) is 9.90 Å². The van der Waals surface area contributed by atoms with Gasteiger partial charge in [-0.05, 0) is 37.8 Å². The summed E-state index contributed by atoms with van der Waals surface area (Å²) in [5, 5.41) is 9.90. The van der Waals surface area contributed by atoms with E-state index in [0.717, 1.165) is 12.8 Å². The van der Waals surface area contributed by atoms with Crippen LogP contribution in [0.1, 0.15) is 35.4 Å². The zero-order chi connectivity index (χ0) is 14.1. The molecule has 0 aromatic carbocycles. The second-order valence-electron chi connectivity index (χ2n) is 5.08. The molecule has 5 nitrogen and oxygen atoms in total. The number of aliphatic hydroxyl groups excluding tert-OH is 1. The van der Waals surface area contributed by atoms with Gasteiger partial charge >= 0.3 is 0 Å². The first-order valence-electron chi connectivity index (χ1n) is 6.67. The summed E-state index contributed by atoms with van der Waals surface area (Å²) in [6.45, 7) is 0. The molecule has 106 valence electrons. The van der Waals surface area contributed by atoms with Crippen molar-refractivity contribution in [2.75, 3.05) is 5.73 Å². The van der Waals surface area contributed by atoms with E-state index in [-0.39, 0.29) is 17.8 Å².